The summed E-state index contributed by atoms with van der Waals surface area (Å²) in [5.74, 6) is -0.380. The molecule has 8 heteroatoms. The van der Waals surface area contributed by atoms with Crippen molar-refractivity contribution >= 4 is 33.3 Å². The molecule has 4 aromatic rings. The number of rotatable bonds is 8. The summed E-state index contributed by atoms with van der Waals surface area (Å²) in [5.41, 5.74) is 2.88. The first-order valence-electron chi connectivity index (χ1n) is 11.1. The number of nitrogens with zero attached hydrogens (tertiary/aromatic N) is 2. The Kier molecular flexibility index (Phi) is 7.73. The van der Waals surface area contributed by atoms with E-state index in [0.29, 0.717) is 22.0 Å². The maximum atomic E-state index is 13.4. The molecule has 0 bridgehead atoms. The Balaban J connectivity index is 1.54. The summed E-state index contributed by atoms with van der Waals surface area (Å²) in [6.45, 7) is 3.69. The van der Waals surface area contributed by atoms with E-state index in [2.05, 4.69) is 12.6 Å². The van der Waals surface area contributed by atoms with Crippen molar-refractivity contribution in [3.8, 4) is 22.9 Å². The van der Waals surface area contributed by atoms with Crippen LogP contribution in [0, 0.1) is 11.3 Å². The summed E-state index contributed by atoms with van der Waals surface area (Å²) in [6.07, 6.45) is 1.48. The van der Waals surface area contributed by atoms with Gasteiger partial charge in [0.1, 0.15) is 5.75 Å². The molecule has 0 saturated heterocycles. The second-order valence-electron chi connectivity index (χ2n) is 7.93. The molecule has 0 spiro atoms. The highest BCUT2D eigenvalue weighted by Crippen LogP contribution is 2.27. The normalized spacial score (nSPS) is 10.8. The van der Waals surface area contributed by atoms with Crippen LogP contribution in [0.3, 0.4) is 0 Å². The number of benzene rings is 4. The molecule has 0 saturated carbocycles. The lowest BCUT2D eigenvalue weighted by Gasteiger charge is -2.23. The fourth-order valence-electron chi connectivity index (χ4n) is 3.60. The predicted octanol–water partition coefficient (Wildman–Crippen LogP) is 6.48. The average Bonchev–Trinajstić information content (AvgIpc) is 2.93. The van der Waals surface area contributed by atoms with Gasteiger partial charge in [0.15, 0.2) is 0 Å². The van der Waals surface area contributed by atoms with Crippen molar-refractivity contribution in [1.29, 1.82) is 5.26 Å². The zero-order valence-corrected chi connectivity index (χ0v) is 21.1. The molecule has 0 N–H and O–H groups in total. The maximum absolute atomic E-state index is 13.4. The molecule has 4 rings (SSSR count). The third-order valence-corrected chi connectivity index (χ3v) is 7.52. The van der Waals surface area contributed by atoms with Gasteiger partial charge in [0.05, 0.1) is 34.3 Å². The SMILES string of the molecule is C=CCN(c1ccc(Cl)cc1)S(=O)(=O)c1cccc(C(=O)Oc2ccc(-c3ccc(C#N)cc3)cc2)c1. The minimum Gasteiger partial charge on any atom is -0.423 e. The van der Waals surface area contributed by atoms with E-state index in [1.165, 1.54) is 34.6 Å². The lowest BCUT2D eigenvalue weighted by molar-refractivity contribution is 0.0734. The van der Waals surface area contributed by atoms with Crippen LogP contribution in [0.2, 0.25) is 5.02 Å². The van der Waals surface area contributed by atoms with Gasteiger partial charge in [-0.05, 0) is 77.9 Å². The Hall–Kier alpha value is -4.38. The first-order valence-corrected chi connectivity index (χ1v) is 13.0. The number of nitriles is 1. The second-order valence-corrected chi connectivity index (χ2v) is 10.2. The number of hydrogen-bond acceptors (Lipinski definition) is 5. The van der Waals surface area contributed by atoms with E-state index in [1.54, 1.807) is 60.7 Å². The molecular weight excluding hydrogens is 508 g/mol. The molecular formula is C29H21ClN2O4S. The maximum Gasteiger partial charge on any atom is 0.343 e. The second kappa shape index (κ2) is 11.1. The zero-order valence-electron chi connectivity index (χ0n) is 19.5. The third kappa shape index (κ3) is 5.89. The van der Waals surface area contributed by atoms with Crippen LogP contribution in [0.25, 0.3) is 11.1 Å². The summed E-state index contributed by atoms with van der Waals surface area (Å²) in [4.78, 5) is 12.8. The van der Waals surface area contributed by atoms with Gasteiger partial charge in [-0.25, -0.2) is 13.2 Å². The topological polar surface area (TPSA) is 87.5 Å². The van der Waals surface area contributed by atoms with Crippen molar-refractivity contribution in [2.45, 2.75) is 4.90 Å². The van der Waals surface area contributed by atoms with Crippen LogP contribution in [0.15, 0.2) is 115 Å². The van der Waals surface area contributed by atoms with Crippen LogP contribution >= 0.6 is 11.6 Å². The van der Waals surface area contributed by atoms with Crippen molar-refractivity contribution in [2.24, 2.45) is 0 Å². The summed E-state index contributed by atoms with van der Waals surface area (Å²) in [7, 11) is -4.01. The number of sulfonamides is 1. The number of carbonyl (C=O) groups excluding carboxylic acids is 1. The van der Waals surface area contributed by atoms with Crippen LogP contribution in [-0.2, 0) is 10.0 Å². The van der Waals surface area contributed by atoms with E-state index >= 15 is 0 Å². The molecule has 0 atom stereocenters. The summed E-state index contributed by atoms with van der Waals surface area (Å²) in [6, 6.07) is 28.2. The van der Waals surface area contributed by atoms with Crippen molar-refractivity contribution in [3.63, 3.8) is 0 Å². The zero-order chi connectivity index (χ0) is 26.4. The van der Waals surface area contributed by atoms with Gasteiger partial charge >= 0.3 is 5.97 Å². The lowest BCUT2D eigenvalue weighted by Crippen LogP contribution is -2.31. The number of ether oxygens (including phenoxy) is 1. The largest absolute Gasteiger partial charge is 0.423 e. The molecule has 0 amide bonds. The predicted molar refractivity (Wildman–Crippen MR) is 144 cm³/mol. The quantitative estimate of drug-likeness (QED) is 0.148. The molecule has 0 aliphatic carbocycles. The fraction of sp³-hybridized carbons (Fsp3) is 0.0345. The van der Waals surface area contributed by atoms with E-state index in [9.17, 15) is 13.2 Å². The molecule has 4 aromatic carbocycles. The van der Waals surface area contributed by atoms with Gasteiger partial charge < -0.3 is 4.74 Å². The molecule has 184 valence electrons. The van der Waals surface area contributed by atoms with Gasteiger partial charge in [0.25, 0.3) is 10.0 Å². The first-order chi connectivity index (χ1) is 17.8. The Morgan fingerprint density at radius 3 is 2.16 bits per heavy atom. The molecule has 6 nitrogen and oxygen atoms in total. The minimum absolute atomic E-state index is 0.0320. The van der Waals surface area contributed by atoms with E-state index in [-0.39, 0.29) is 17.0 Å². The van der Waals surface area contributed by atoms with Gasteiger partial charge in [-0.15, -0.1) is 6.58 Å². The van der Waals surface area contributed by atoms with Crippen LogP contribution in [-0.4, -0.2) is 20.9 Å². The van der Waals surface area contributed by atoms with Crippen LogP contribution < -0.4 is 9.04 Å². The van der Waals surface area contributed by atoms with E-state index in [4.69, 9.17) is 21.6 Å². The number of esters is 1. The van der Waals surface area contributed by atoms with Gasteiger partial charge in [0, 0.05) is 5.02 Å². The Morgan fingerprint density at radius 1 is 0.946 bits per heavy atom. The highest BCUT2D eigenvalue weighted by atomic mass is 35.5. The van der Waals surface area contributed by atoms with Crippen molar-refractivity contribution < 1.29 is 17.9 Å². The number of carbonyl (C=O) groups is 1. The summed E-state index contributed by atoms with van der Waals surface area (Å²) >= 11 is 5.95. The lowest BCUT2D eigenvalue weighted by atomic mass is 10.0. The van der Waals surface area contributed by atoms with E-state index in [0.717, 1.165) is 11.1 Å². The number of anilines is 1. The Labute approximate surface area is 220 Å². The highest BCUT2D eigenvalue weighted by molar-refractivity contribution is 7.92. The monoisotopic (exact) mass is 528 g/mol. The molecule has 37 heavy (non-hydrogen) atoms. The Morgan fingerprint density at radius 2 is 1.57 bits per heavy atom. The average molecular weight is 529 g/mol. The van der Waals surface area contributed by atoms with Crippen molar-refractivity contribution in [1.82, 2.24) is 0 Å². The molecule has 0 fully saturated rings. The van der Waals surface area contributed by atoms with Gasteiger partial charge in [0.2, 0.25) is 0 Å². The van der Waals surface area contributed by atoms with Crippen LogP contribution in [0.1, 0.15) is 15.9 Å². The third-order valence-electron chi connectivity index (χ3n) is 5.48. The molecule has 0 radical (unpaired) electrons. The van der Waals surface area contributed by atoms with Gasteiger partial charge in [-0.3, -0.25) is 4.31 Å². The smallest absolute Gasteiger partial charge is 0.343 e. The van der Waals surface area contributed by atoms with Crippen molar-refractivity contribution in [3.05, 3.63) is 126 Å². The molecule has 0 aliphatic rings. The Bertz CT molecular complexity index is 1580. The minimum atomic E-state index is -4.01. The first kappa shape index (κ1) is 25.7. The van der Waals surface area contributed by atoms with E-state index < -0.39 is 16.0 Å². The highest BCUT2D eigenvalue weighted by Gasteiger charge is 2.25. The summed E-state index contributed by atoms with van der Waals surface area (Å²) in [5, 5.41) is 9.43. The fourth-order valence-corrected chi connectivity index (χ4v) is 5.20. The number of hydrogen-bond donors (Lipinski definition) is 0. The van der Waals surface area contributed by atoms with Crippen molar-refractivity contribution in [2.75, 3.05) is 10.8 Å². The molecule has 0 aliphatic heterocycles. The number of halogens is 1. The van der Waals surface area contributed by atoms with E-state index in [1.807, 2.05) is 12.1 Å². The van der Waals surface area contributed by atoms with Gasteiger partial charge in [-0.1, -0.05) is 48.0 Å². The molecule has 0 unspecified atom stereocenters. The van der Waals surface area contributed by atoms with Gasteiger partial charge in [-0.2, -0.15) is 5.26 Å². The standard InChI is InChI=1S/C29H21ClN2O4S/c1-2-18-32(26-14-12-25(30)13-15-26)37(34,35)28-5-3-4-24(19-28)29(33)36-27-16-10-23(11-17-27)22-8-6-21(20-31)7-9-22/h2-17,19H,1,18H2. The molecule has 0 aromatic heterocycles. The van der Waals surface area contributed by atoms with Crippen LogP contribution in [0.4, 0.5) is 5.69 Å². The molecule has 0 heterocycles. The van der Waals surface area contributed by atoms with Crippen LogP contribution in [0.5, 0.6) is 5.75 Å². The summed E-state index contributed by atoms with van der Waals surface area (Å²) < 4.78 is 33.5.